The van der Waals surface area contributed by atoms with E-state index in [1.165, 1.54) is 18.2 Å². The highest BCUT2D eigenvalue weighted by Gasteiger charge is 2.14. The Bertz CT molecular complexity index is 823. The number of benzene rings is 2. The smallest absolute Gasteiger partial charge is 0.312 e. The fourth-order valence-electron chi connectivity index (χ4n) is 2.14. The lowest BCUT2D eigenvalue weighted by molar-refractivity contribution is 0.0511. The number of hydrogen-bond acceptors (Lipinski definition) is 4. The van der Waals surface area contributed by atoms with Crippen molar-refractivity contribution in [1.82, 2.24) is 4.98 Å². The van der Waals surface area contributed by atoms with Crippen molar-refractivity contribution in [3.05, 3.63) is 102 Å². The molecule has 3 aromatic rings. The number of carbonyl (C=O) groups is 1. The van der Waals surface area contributed by atoms with Gasteiger partial charge in [-0.15, -0.1) is 0 Å². The molecule has 0 spiro atoms. The van der Waals surface area contributed by atoms with Crippen LogP contribution in [0.3, 0.4) is 0 Å². The summed E-state index contributed by atoms with van der Waals surface area (Å²) < 4.78 is 13.7. The number of hydrogen-bond donors (Lipinski definition) is 0. The predicted octanol–water partition coefficient (Wildman–Crippen LogP) is 3.83. The Morgan fingerprint density at radius 2 is 1.50 bits per heavy atom. The molecule has 1 heterocycles. The molecule has 0 saturated heterocycles. The molecule has 0 amide bonds. The standard InChI is InChI=1S/C19H13FN2O2/c20-17-9-5-4-8-16(17)19(23)24-22-18(14-6-2-1-3-7-14)15-10-12-21-13-11-15/h1-13H/b22-18-. The molecule has 0 fully saturated rings. The van der Waals surface area contributed by atoms with Crippen LogP contribution in [0.5, 0.6) is 0 Å². The molecule has 0 aliphatic carbocycles. The van der Waals surface area contributed by atoms with Crippen LogP contribution in [0.1, 0.15) is 21.5 Å². The van der Waals surface area contributed by atoms with Gasteiger partial charge in [0.05, 0.1) is 5.56 Å². The van der Waals surface area contributed by atoms with Gasteiger partial charge in [0.25, 0.3) is 0 Å². The number of aromatic nitrogens is 1. The highest BCUT2D eigenvalue weighted by Crippen LogP contribution is 2.13. The van der Waals surface area contributed by atoms with E-state index in [-0.39, 0.29) is 5.56 Å². The van der Waals surface area contributed by atoms with Gasteiger partial charge in [-0.1, -0.05) is 47.6 Å². The van der Waals surface area contributed by atoms with Crippen LogP contribution < -0.4 is 0 Å². The van der Waals surface area contributed by atoms with Crippen molar-refractivity contribution in [1.29, 1.82) is 0 Å². The molecule has 118 valence electrons. The molecule has 3 rings (SSSR count). The minimum Gasteiger partial charge on any atom is -0.312 e. The van der Waals surface area contributed by atoms with Crippen LogP contribution in [0, 0.1) is 5.82 Å². The molecule has 0 aliphatic rings. The second kappa shape index (κ2) is 7.28. The number of halogens is 1. The zero-order chi connectivity index (χ0) is 16.8. The van der Waals surface area contributed by atoms with Crippen LogP contribution >= 0.6 is 0 Å². The van der Waals surface area contributed by atoms with E-state index in [9.17, 15) is 9.18 Å². The topological polar surface area (TPSA) is 51.5 Å². The Hall–Kier alpha value is -3.34. The first-order valence-electron chi connectivity index (χ1n) is 7.25. The third-order valence-electron chi connectivity index (χ3n) is 3.31. The Morgan fingerprint density at radius 3 is 2.21 bits per heavy atom. The summed E-state index contributed by atoms with van der Waals surface area (Å²) in [6, 6.07) is 18.4. The normalized spacial score (nSPS) is 11.1. The van der Waals surface area contributed by atoms with Gasteiger partial charge in [-0.05, 0) is 24.3 Å². The third kappa shape index (κ3) is 3.52. The van der Waals surface area contributed by atoms with E-state index in [1.807, 2.05) is 30.3 Å². The summed E-state index contributed by atoms with van der Waals surface area (Å²) in [5, 5.41) is 3.95. The van der Waals surface area contributed by atoms with Crippen LogP contribution in [0.2, 0.25) is 0 Å². The van der Waals surface area contributed by atoms with E-state index in [1.54, 1.807) is 30.6 Å². The lowest BCUT2D eigenvalue weighted by Gasteiger charge is -2.06. The summed E-state index contributed by atoms with van der Waals surface area (Å²) >= 11 is 0. The zero-order valence-corrected chi connectivity index (χ0v) is 12.6. The number of carbonyl (C=O) groups excluding carboxylic acids is 1. The number of nitrogens with zero attached hydrogens (tertiary/aromatic N) is 2. The highest BCUT2D eigenvalue weighted by atomic mass is 19.1. The molecule has 0 saturated carbocycles. The van der Waals surface area contributed by atoms with E-state index in [2.05, 4.69) is 10.1 Å². The van der Waals surface area contributed by atoms with Gasteiger partial charge in [0, 0.05) is 23.5 Å². The maximum atomic E-state index is 13.7. The fourth-order valence-corrected chi connectivity index (χ4v) is 2.14. The summed E-state index contributed by atoms with van der Waals surface area (Å²) in [6.07, 6.45) is 3.24. The first-order chi connectivity index (χ1) is 11.8. The molecule has 0 N–H and O–H groups in total. The van der Waals surface area contributed by atoms with Crippen molar-refractivity contribution in [3.63, 3.8) is 0 Å². The second-order valence-corrected chi connectivity index (χ2v) is 4.90. The zero-order valence-electron chi connectivity index (χ0n) is 12.6. The number of rotatable bonds is 4. The molecule has 0 unspecified atom stereocenters. The summed E-state index contributed by atoms with van der Waals surface area (Å²) in [6.45, 7) is 0. The van der Waals surface area contributed by atoms with Crippen molar-refractivity contribution in [3.8, 4) is 0 Å². The maximum absolute atomic E-state index is 13.7. The molecule has 0 radical (unpaired) electrons. The first kappa shape index (κ1) is 15.6. The van der Waals surface area contributed by atoms with Gasteiger partial charge in [-0.25, -0.2) is 9.18 Å². The van der Waals surface area contributed by atoms with E-state index in [0.717, 1.165) is 11.1 Å². The van der Waals surface area contributed by atoms with E-state index in [4.69, 9.17) is 4.84 Å². The molecule has 2 aromatic carbocycles. The Kier molecular flexibility index (Phi) is 4.72. The van der Waals surface area contributed by atoms with Crippen molar-refractivity contribution in [2.24, 2.45) is 5.16 Å². The number of pyridine rings is 1. The minimum atomic E-state index is -0.851. The van der Waals surface area contributed by atoms with E-state index >= 15 is 0 Å². The van der Waals surface area contributed by atoms with Crippen molar-refractivity contribution in [2.75, 3.05) is 0 Å². The van der Waals surface area contributed by atoms with Gasteiger partial charge >= 0.3 is 5.97 Å². The van der Waals surface area contributed by atoms with Crippen molar-refractivity contribution < 1.29 is 14.0 Å². The maximum Gasteiger partial charge on any atom is 0.368 e. The summed E-state index contributed by atoms with van der Waals surface area (Å²) in [7, 11) is 0. The molecule has 0 bridgehead atoms. The van der Waals surface area contributed by atoms with Gasteiger partial charge in [0.1, 0.15) is 11.5 Å². The average molecular weight is 320 g/mol. The monoisotopic (exact) mass is 320 g/mol. The van der Waals surface area contributed by atoms with E-state index < -0.39 is 11.8 Å². The lowest BCUT2D eigenvalue weighted by Crippen LogP contribution is -2.09. The van der Waals surface area contributed by atoms with Crippen LogP contribution in [0.4, 0.5) is 4.39 Å². The molecule has 4 nitrogen and oxygen atoms in total. The van der Waals surface area contributed by atoms with Gasteiger partial charge < -0.3 is 4.84 Å². The highest BCUT2D eigenvalue weighted by molar-refractivity contribution is 6.12. The predicted molar refractivity (Wildman–Crippen MR) is 88.1 cm³/mol. The van der Waals surface area contributed by atoms with Gasteiger partial charge in [-0.3, -0.25) is 4.98 Å². The average Bonchev–Trinajstić information content (AvgIpc) is 2.64. The minimum absolute atomic E-state index is 0.164. The molecular formula is C19H13FN2O2. The molecular weight excluding hydrogens is 307 g/mol. The Labute approximate surface area is 138 Å². The molecule has 5 heteroatoms. The first-order valence-corrected chi connectivity index (χ1v) is 7.25. The fraction of sp³-hybridized carbons (Fsp3) is 0. The Balaban J connectivity index is 1.93. The number of oxime groups is 1. The molecule has 1 aromatic heterocycles. The van der Waals surface area contributed by atoms with Crippen LogP contribution in [0.25, 0.3) is 0 Å². The largest absolute Gasteiger partial charge is 0.368 e. The third-order valence-corrected chi connectivity index (χ3v) is 3.31. The van der Waals surface area contributed by atoms with Crippen LogP contribution in [0.15, 0.2) is 84.3 Å². The van der Waals surface area contributed by atoms with E-state index in [0.29, 0.717) is 5.71 Å². The SMILES string of the molecule is O=C(O/N=C(/c1ccccc1)c1ccncc1)c1ccccc1F. The summed E-state index contributed by atoms with van der Waals surface area (Å²) in [5.74, 6) is -1.50. The quantitative estimate of drug-likeness (QED) is 0.417. The lowest BCUT2D eigenvalue weighted by atomic mass is 10.0. The van der Waals surface area contributed by atoms with Gasteiger partial charge in [0.15, 0.2) is 0 Å². The van der Waals surface area contributed by atoms with Crippen LogP contribution in [-0.2, 0) is 4.84 Å². The molecule has 0 atom stereocenters. The summed E-state index contributed by atoms with van der Waals surface area (Å²) in [5.41, 5.74) is 1.80. The second-order valence-electron chi connectivity index (χ2n) is 4.90. The Morgan fingerprint density at radius 1 is 0.875 bits per heavy atom. The molecule has 24 heavy (non-hydrogen) atoms. The van der Waals surface area contributed by atoms with Crippen molar-refractivity contribution >= 4 is 11.7 Å². The van der Waals surface area contributed by atoms with Crippen LogP contribution in [-0.4, -0.2) is 16.7 Å². The van der Waals surface area contributed by atoms with Crippen molar-refractivity contribution in [2.45, 2.75) is 0 Å². The summed E-state index contributed by atoms with van der Waals surface area (Å²) in [4.78, 5) is 21.0. The van der Waals surface area contributed by atoms with Gasteiger partial charge in [0.2, 0.25) is 0 Å². The van der Waals surface area contributed by atoms with Gasteiger partial charge in [-0.2, -0.15) is 0 Å². The molecule has 0 aliphatic heterocycles.